The quantitative estimate of drug-likeness (QED) is 0.645. The molecule has 0 aliphatic carbocycles. The molecular weight excluding hydrogens is 396 g/mol. The first-order valence-corrected chi connectivity index (χ1v) is 12.3. The number of aromatic nitrogens is 2. The Labute approximate surface area is 178 Å². The second kappa shape index (κ2) is 7.39. The standard InChI is InChI=1S/C23H28N4O2S/c1-17-6-8-24-22(16-17)26-12-10-25(11-13-26)9-7-19-18(2)27-14-15-30(28,29)21-5-3-4-20(19)23(21)27/h3-6,8,16H,7,9-15H2,1-2H3. The zero-order valence-corrected chi connectivity index (χ0v) is 18.5. The molecule has 6 nitrogen and oxygen atoms in total. The van der Waals surface area contributed by atoms with Crippen LogP contribution in [-0.2, 0) is 22.8 Å². The number of piperazine rings is 1. The lowest BCUT2D eigenvalue weighted by atomic mass is 10.1. The van der Waals surface area contributed by atoms with Gasteiger partial charge in [0.1, 0.15) is 5.82 Å². The van der Waals surface area contributed by atoms with Crippen molar-refractivity contribution in [2.45, 2.75) is 31.7 Å². The molecule has 5 rings (SSSR count). The number of nitrogens with zero attached hydrogens (tertiary/aromatic N) is 4. The fraction of sp³-hybridized carbons (Fsp3) is 0.435. The normalized spacial score (nSPS) is 18.8. The number of hydrogen-bond acceptors (Lipinski definition) is 5. The van der Waals surface area contributed by atoms with Crippen LogP contribution in [-0.4, -0.2) is 61.3 Å². The molecular formula is C23H28N4O2S. The number of para-hydroxylation sites is 1. The molecule has 0 radical (unpaired) electrons. The number of anilines is 1. The van der Waals surface area contributed by atoms with Crippen LogP contribution < -0.4 is 4.90 Å². The summed E-state index contributed by atoms with van der Waals surface area (Å²) in [6.45, 7) is 9.81. The van der Waals surface area contributed by atoms with E-state index in [-0.39, 0.29) is 5.75 Å². The minimum absolute atomic E-state index is 0.197. The Hall–Kier alpha value is -2.38. The van der Waals surface area contributed by atoms with Gasteiger partial charge in [0, 0.05) is 56.5 Å². The van der Waals surface area contributed by atoms with Gasteiger partial charge >= 0.3 is 0 Å². The summed E-state index contributed by atoms with van der Waals surface area (Å²) in [6, 6.07) is 9.92. The van der Waals surface area contributed by atoms with Crippen LogP contribution in [0.4, 0.5) is 5.82 Å². The highest BCUT2D eigenvalue weighted by Crippen LogP contribution is 2.34. The molecule has 1 fully saturated rings. The Morgan fingerprint density at radius 1 is 1.03 bits per heavy atom. The van der Waals surface area contributed by atoms with Gasteiger partial charge in [-0.25, -0.2) is 13.4 Å². The maximum Gasteiger partial charge on any atom is 0.182 e. The lowest BCUT2D eigenvalue weighted by Crippen LogP contribution is -2.47. The van der Waals surface area contributed by atoms with Crippen molar-refractivity contribution in [1.82, 2.24) is 14.5 Å². The van der Waals surface area contributed by atoms with E-state index in [4.69, 9.17) is 0 Å². The lowest BCUT2D eigenvalue weighted by Gasteiger charge is -2.35. The predicted octanol–water partition coefficient (Wildman–Crippen LogP) is 2.81. The fourth-order valence-corrected chi connectivity index (χ4v) is 6.34. The number of aryl methyl sites for hydroxylation is 2. The van der Waals surface area contributed by atoms with E-state index in [2.05, 4.69) is 45.3 Å². The van der Waals surface area contributed by atoms with Gasteiger partial charge in [-0.2, -0.15) is 0 Å². The van der Waals surface area contributed by atoms with Crippen molar-refractivity contribution in [1.29, 1.82) is 0 Å². The van der Waals surface area contributed by atoms with Gasteiger partial charge in [-0.3, -0.25) is 4.90 Å². The van der Waals surface area contributed by atoms with Crippen LogP contribution in [0.15, 0.2) is 41.4 Å². The van der Waals surface area contributed by atoms with Crippen molar-refractivity contribution >= 4 is 26.6 Å². The van der Waals surface area contributed by atoms with Gasteiger partial charge < -0.3 is 9.47 Å². The predicted molar refractivity (Wildman–Crippen MR) is 120 cm³/mol. The fourth-order valence-electron chi connectivity index (χ4n) is 4.90. The van der Waals surface area contributed by atoms with Crippen LogP contribution in [0.3, 0.4) is 0 Å². The number of pyridine rings is 1. The van der Waals surface area contributed by atoms with Crippen LogP contribution >= 0.6 is 0 Å². The van der Waals surface area contributed by atoms with E-state index in [1.54, 1.807) is 6.07 Å². The van der Waals surface area contributed by atoms with Crippen LogP contribution in [0, 0.1) is 13.8 Å². The van der Waals surface area contributed by atoms with Crippen molar-refractivity contribution in [2.75, 3.05) is 43.4 Å². The molecule has 0 spiro atoms. The molecule has 0 atom stereocenters. The first-order chi connectivity index (χ1) is 14.4. The van der Waals surface area contributed by atoms with Crippen molar-refractivity contribution in [3.05, 3.63) is 53.3 Å². The highest BCUT2D eigenvalue weighted by molar-refractivity contribution is 7.91. The van der Waals surface area contributed by atoms with Crippen molar-refractivity contribution in [3.63, 3.8) is 0 Å². The summed E-state index contributed by atoms with van der Waals surface area (Å²) in [5.41, 5.74) is 4.67. The number of benzene rings is 1. The monoisotopic (exact) mass is 424 g/mol. The van der Waals surface area contributed by atoms with E-state index >= 15 is 0 Å². The summed E-state index contributed by atoms with van der Waals surface area (Å²) >= 11 is 0. The Bertz CT molecular complexity index is 1210. The SMILES string of the molecule is Cc1ccnc(N2CCN(CCc3c(C)n4c5c(cccc35)S(=O)(=O)CC4)CC2)c1. The molecule has 0 unspecified atom stereocenters. The van der Waals surface area contributed by atoms with Crippen LogP contribution in [0.2, 0.25) is 0 Å². The largest absolute Gasteiger partial charge is 0.354 e. The van der Waals surface area contributed by atoms with Crippen molar-refractivity contribution in [3.8, 4) is 0 Å². The van der Waals surface area contributed by atoms with Crippen molar-refractivity contribution < 1.29 is 8.42 Å². The third-order valence-electron chi connectivity index (χ3n) is 6.63. The third-order valence-corrected chi connectivity index (χ3v) is 8.35. The van der Waals surface area contributed by atoms with E-state index < -0.39 is 9.84 Å². The zero-order valence-electron chi connectivity index (χ0n) is 17.6. The smallest absolute Gasteiger partial charge is 0.182 e. The minimum Gasteiger partial charge on any atom is -0.354 e. The van der Waals surface area contributed by atoms with Gasteiger partial charge in [-0.15, -0.1) is 0 Å². The van der Waals surface area contributed by atoms with Gasteiger partial charge in [-0.1, -0.05) is 12.1 Å². The molecule has 158 valence electrons. The van der Waals surface area contributed by atoms with E-state index in [0.717, 1.165) is 55.9 Å². The number of hydrogen-bond donors (Lipinski definition) is 0. The van der Waals surface area contributed by atoms with E-state index in [0.29, 0.717) is 11.4 Å². The Morgan fingerprint density at radius 2 is 1.83 bits per heavy atom. The molecule has 0 amide bonds. The average Bonchev–Trinajstić information content (AvgIpc) is 3.01. The molecule has 1 aromatic carbocycles. The summed E-state index contributed by atoms with van der Waals surface area (Å²) in [6.07, 6.45) is 2.83. The van der Waals surface area contributed by atoms with Crippen LogP contribution in [0.1, 0.15) is 16.8 Å². The molecule has 0 saturated carbocycles. The molecule has 4 heterocycles. The molecule has 0 N–H and O–H groups in total. The van der Waals surface area contributed by atoms with Gasteiger partial charge in [0.25, 0.3) is 0 Å². The Balaban J connectivity index is 1.31. The molecule has 2 aliphatic rings. The van der Waals surface area contributed by atoms with Crippen LogP contribution in [0.25, 0.3) is 10.9 Å². The Morgan fingerprint density at radius 3 is 2.60 bits per heavy atom. The van der Waals surface area contributed by atoms with Crippen molar-refractivity contribution in [2.24, 2.45) is 0 Å². The van der Waals surface area contributed by atoms with Gasteiger partial charge in [0.05, 0.1) is 16.2 Å². The number of rotatable bonds is 4. The summed E-state index contributed by atoms with van der Waals surface area (Å²) in [4.78, 5) is 9.89. The molecule has 3 aromatic rings. The summed E-state index contributed by atoms with van der Waals surface area (Å²) < 4.78 is 27.3. The second-order valence-electron chi connectivity index (χ2n) is 8.46. The highest BCUT2D eigenvalue weighted by atomic mass is 32.2. The Kier molecular flexibility index (Phi) is 4.82. The molecule has 2 aromatic heterocycles. The van der Waals surface area contributed by atoms with Gasteiger partial charge in [0.2, 0.25) is 0 Å². The molecule has 1 saturated heterocycles. The second-order valence-corrected chi connectivity index (χ2v) is 10.5. The lowest BCUT2D eigenvalue weighted by molar-refractivity contribution is 0.260. The summed E-state index contributed by atoms with van der Waals surface area (Å²) in [7, 11) is -3.17. The summed E-state index contributed by atoms with van der Waals surface area (Å²) in [5.74, 6) is 1.27. The first-order valence-electron chi connectivity index (χ1n) is 10.7. The molecule has 0 bridgehead atoms. The minimum atomic E-state index is -3.17. The van der Waals surface area contributed by atoms with Gasteiger partial charge in [0.15, 0.2) is 9.84 Å². The maximum absolute atomic E-state index is 12.5. The zero-order chi connectivity index (χ0) is 20.9. The van der Waals surface area contributed by atoms with E-state index in [1.807, 2.05) is 18.3 Å². The van der Waals surface area contributed by atoms with Gasteiger partial charge in [-0.05, 0) is 49.6 Å². The summed E-state index contributed by atoms with van der Waals surface area (Å²) in [5, 5.41) is 1.11. The topological polar surface area (TPSA) is 58.4 Å². The molecule has 30 heavy (non-hydrogen) atoms. The van der Waals surface area contributed by atoms with E-state index in [1.165, 1.54) is 16.8 Å². The molecule has 2 aliphatic heterocycles. The third kappa shape index (κ3) is 3.30. The first kappa shape index (κ1) is 19.6. The van der Waals surface area contributed by atoms with E-state index in [9.17, 15) is 8.42 Å². The maximum atomic E-state index is 12.5. The number of sulfone groups is 1. The van der Waals surface area contributed by atoms with Crippen LogP contribution in [0.5, 0.6) is 0 Å². The average molecular weight is 425 g/mol. The molecule has 7 heteroatoms. The highest BCUT2D eigenvalue weighted by Gasteiger charge is 2.28.